The first-order valence-corrected chi connectivity index (χ1v) is 7.00. The minimum Gasteiger partial charge on any atom is -0.319 e. The Morgan fingerprint density at radius 2 is 2.26 bits per heavy atom. The molecule has 1 aromatic carbocycles. The van der Waals surface area contributed by atoms with Crippen LogP contribution in [-0.4, -0.2) is 38.3 Å². The number of nitrogens with one attached hydrogen (secondary N) is 2. The van der Waals surface area contributed by atoms with E-state index in [-0.39, 0.29) is 10.8 Å². The lowest BCUT2D eigenvalue weighted by Gasteiger charge is -2.20. The normalized spacial score (nSPS) is 24.0. The third-order valence-electron chi connectivity index (χ3n) is 3.69. The molecule has 5 heteroatoms. The van der Waals surface area contributed by atoms with E-state index in [1.165, 1.54) is 0 Å². The minimum absolute atomic E-state index is 0.187. The lowest BCUT2D eigenvalue weighted by Crippen LogP contribution is -2.38. The number of halogens is 2. The molecule has 1 aromatic rings. The zero-order valence-electron chi connectivity index (χ0n) is 11.4. The summed E-state index contributed by atoms with van der Waals surface area (Å²) in [5.74, 6) is 0.334. The van der Waals surface area contributed by atoms with Gasteiger partial charge in [0.1, 0.15) is 5.82 Å². The summed E-state index contributed by atoms with van der Waals surface area (Å²) in [5, 5.41) is 6.80. The summed E-state index contributed by atoms with van der Waals surface area (Å²) in [7, 11) is 4.07. The van der Waals surface area contributed by atoms with Crippen molar-refractivity contribution in [1.82, 2.24) is 15.5 Å². The zero-order valence-corrected chi connectivity index (χ0v) is 12.2. The molecule has 1 saturated heterocycles. The summed E-state index contributed by atoms with van der Waals surface area (Å²) >= 11 is 5.78. The van der Waals surface area contributed by atoms with E-state index in [2.05, 4.69) is 22.6 Å². The van der Waals surface area contributed by atoms with Crippen LogP contribution in [0.25, 0.3) is 0 Å². The Morgan fingerprint density at radius 3 is 3.00 bits per heavy atom. The van der Waals surface area contributed by atoms with Crippen molar-refractivity contribution < 1.29 is 4.39 Å². The molecular weight excluding hydrogens is 265 g/mol. The van der Waals surface area contributed by atoms with Gasteiger partial charge in [0.15, 0.2) is 0 Å². The van der Waals surface area contributed by atoms with E-state index in [0.717, 1.165) is 19.5 Å². The fourth-order valence-corrected chi connectivity index (χ4v) is 2.89. The van der Waals surface area contributed by atoms with E-state index in [1.807, 2.05) is 7.05 Å². The smallest absolute Gasteiger partial charge is 0.146 e. The van der Waals surface area contributed by atoms with Gasteiger partial charge in [0, 0.05) is 18.7 Å². The van der Waals surface area contributed by atoms with Crippen molar-refractivity contribution in [2.24, 2.45) is 5.92 Å². The van der Waals surface area contributed by atoms with Crippen LogP contribution in [0, 0.1) is 11.7 Å². The van der Waals surface area contributed by atoms with Gasteiger partial charge in [-0.25, -0.2) is 4.39 Å². The number of hydrogen-bond acceptors (Lipinski definition) is 3. The molecule has 2 atom stereocenters. The number of hydrogen-bond donors (Lipinski definition) is 2. The molecule has 1 fully saturated rings. The monoisotopic (exact) mass is 285 g/mol. The third-order valence-corrected chi connectivity index (χ3v) is 3.98. The minimum atomic E-state index is -0.316. The predicted molar refractivity (Wildman–Crippen MR) is 76.7 cm³/mol. The summed E-state index contributed by atoms with van der Waals surface area (Å²) in [6.45, 7) is 2.60. The largest absolute Gasteiger partial charge is 0.319 e. The molecule has 0 aliphatic carbocycles. The van der Waals surface area contributed by atoms with Crippen molar-refractivity contribution in [3.05, 3.63) is 34.6 Å². The van der Waals surface area contributed by atoms with Crippen LogP contribution in [-0.2, 0) is 6.54 Å². The van der Waals surface area contributed by atoms with Gasteiger partial charge in [-0.15, -0.1) is 0 Å². The maximum atomic E-state index is 13.8. The van der Waals surface area contributed by atoms with Crippen LogP contribution in [0.4, 0.5) is 4.39 Å². The van der Waals surface area contributed by atoms with Gasteiger partial charge in [0.05, 0.1) is 11.2 Å². The first-order chi connectivity index (χ1) is 9.11. The summed E-state index contributed by atoms with van der Waals surface area (Å²) < 4.78 is 13.8. The van der Waals surface area contributed by atoms with Crippen LogP contribution in [0.1, 0.15) is 12.0 Å². The second-order valence-electron chi connectivity index (χ2n) is 5.21. The van der Waals surface area contributed by atoms with Crippen molar-refractivity contribution >= 4 is 11.6 Å². The van der Waals surface area contributed by atoms with Crippen LogP contribution in [0.5, 0.6) is 0 Å². The van der Waals surface area contributed by atoms with Gasteiger partial charge in [-0.3, -0.25) is 10.2 Å². The Hall–Kier alpha value is -0.680. The second-order valence-corrected chi connectivity index (χ2v) is 5.62. The van der Waals surface area contributed by atoms with Crippen molar-refractivity contribution in [1.29, 1.82) is 0 Å². The maximum Gasteiger partial charge on any atom is 0.146 e. The van der Waals surface area contributed by atoms with Gasteiger partial charge in [-0.1, -0.05) is 23.7 Å². The molecule has 0 spiro atoms. The number of likely N-dealkylation sites (tertiary alicyclic amines) is 1. The number of nitrogens with zero attached hydrogens (tertiary/aromatic N) is 1. The van der Waals surface area contributed by atoms with E-state index in [0.29, 0.717) is 24.2 Å². The highest BCUT2D eigenvalue weighted by molar-refractivity contribution is 6.30. The first kappa shape index (κ1) is 14.7. The van der Waals surface area contributed by atoms with Crippen molar-refractivity contribution in [2.45, 2.75) is 19.1 Å². The fourth-order valence-electron chi connectivity index (χ4n) is 2.69. The van der Waals surface area contributed by atoms with Crippen molar-refractivity contribution in [2.75, 3.05) is 27.2 Å². The standard InChI is InChI=1S/C14H21ClFN3/c1-17-7-10-6-13(19(2)9-10)18-8-11-4-3-5-12(15)14(11)16/h3-5,10,13,17-18H,6-9H2,1-2H3. The van der Waals surface area contributed by atoms with Crippen LogP contribution in [0.2, 0.25) is 5.02 Å². The van der Waals surface area contributed by atoms with Crippen molar-refractivity contribution in [3.8, 4) is 0 Å². The van der Waals surface area contributed by atoms with E-state index < -0.39 is 0 Å². The first-order valence-electron chi connectivity index (χ1n) is 6.63. The molecule has 1 aliphatic rings. The molecule has 0 aromatic heterocycles. The summed E-state index contributed by atoms with van der Waals surface area (Å²) in [6.07, 6.45) is 1.39. The number of rotatable bonds is 5. The Balaban J connectivity index is 1.90. The molecule has 106 valence electrons. The molecule has 2 unspecified atom stereocenters. The zero-order chi connectivity index (χ0) is 13.8. The predicted octanol–water partition coefficient (Wildman–Crippen LogP) is 2.07. The van der Waals surface area contributed by atoms with E-state index in [9.17, 15) is 4.39 Å². The molecule has 19 heavy (non-hydrogen) atoms. The molecular formula is C14H21ClFN3. The van der Waals surface area contributed by atoms with Crippen molar-refractivity contribution in [3.63, 3.8) is 0 Å². The van der Waals surface area contributed by atoms with E-state index in [4.69, 9.17) is 11.6 Å². The lowest BCUT2D eigenvalue weighted by atomic mass is 10.1. The average molecular weight is 286 g/mol. The molecule has 2 rings (SSSR count). The molecule has 1 heterocycles. The van der Waals surface area contributed by atoms with Gasteiger partial charge in [0.25, 0.3) is 0 Å². The molecule has 0 bridgehead atoms. The van der Waals surface area contributed by atoms with Crippen LogP contribution < -0.4 is 10.6 Å². The molecule has 0 saturated carbocycles. The molecule has 0 amide bonds. The fraction of sp³-hybridized carbons (Fsp3) is 0.571. The van der Waals surface area contributed by atoms with Crippen LogP contribution in [0.15, 0.2) is 18.2 Å². The van der Waals surface area contributed by atoms with E-state index >= 15 is 0 Å². The summed E-state index contributed by atoms with van der Waals surface area (Å²) in [6, 6.07) is 5.13. The van der Waals surface area contributed by atoms with Gasteiger partial charge in [0.2, 0.25) is 0 Å². The van der Waals surface area contributed by atoms with Crippen LogP contribution in [0.3, 0.4) is 0 Å². The summed E-state index contributed by atoms with van der Waals surface area (Å²) in [4.78, 5) is 2.28. The molecule has 2 N–H and O–H groups in total. The Labute approximate surface area is 119 Å². The molecule has 0 radical (unpaired) electrons. The number of benzene rings is 1. The topological polar surface area (TPSA) is 27.3 Å². The third kappa shape index (κ3) is 3.66. The second kappa shape index (κ2) is 6.66. The van der Waals surface area contributed by atoms with Crippen LogP contribution >= 0.6 is 11.6 Å². The lowest BCUT2D eigenvalue weighted by molar-refractivity contribution is 0.261. The Bertz CT molecular complexity index is 427. The average Bonchev–Trinajstić information content (AvgIpc) is 2.72. The quantitative estimate of drug-likeness (QED) is 0.867. The summed E-state index contributed by atoms with van der Waals surface area (Å²) in [5.41, 5.74) is 0.623. The maximum absolute atomic E-state index is 13.8. The van der Waals surface area contributed by atoms with E-state index in [1.54, 1.807) is 18.2 Å². The molecule has 1 aliphatic heterocycles. The van der Waals surface area contributed by atoms with Gasteiger partial charge >= 0.3 is 0 Å². The Kier molecular flexibility index (Phi) is 5.16. The van der Waals surface area contributed by atoms with Gasteiger partial charge in [-0.2, -0.15) is 0 Å². The molecule has 3 nitrogen and oxygen atoms in total. The highest BCUT2D eigenvalue weighted by atomic mass is 35.5. The highest BCUT2D eigenvalue weighted by Gasteiger charge is 2.28. The van der Waals surface area contributed by atoms with Gasteiger partial charge in [-0.05, 0) is 39.0 Å². The highest BCUT2D eigenvalue weighted by Crippen LogP contribution is 2.21. The Morgan fingerprint density at radius 1 is 1.47 bits per heavy atom. The van der Waals surface area contributed by atoms with Gasteiger partial charge < -0.3 is 5.32 Å². The SMILES string of the molecule is CNCC1CC(NCc2cccc(Cl)c2F)N(C)C1.